The molecule has 30 heavy (non-hydrogen) atoms. The van der Waals surface area contributed by atoms with Crippen molar-refractivity contribution >= 4 is 11.8 Å². The van der Waals surface area contributed by atoms with E-state index in [1.54, 1.807) is 17.3 Å². The molecule has 0 saturated carbocycles. The third-order valence-corrected chi connectivity index (χ3v) is 5.74. The Morgan fingerprint density at radius 1 is 1.17 bits per heavy atom. The van der Waals surface area contributed by atoms with Crippen molar-refractivity contribution in [1.29, 1.82) is 0 Å². The summed E-state index contributed by atoms with van der Waals surface area (Å²) in [6, 6.07) is 4.16. The number of aryl methyl sites for hydroxylation is 2. The van der Waals surface area contributed by atoms with E-state index in [4.69, 9.17) is 0 Å². The fourth-order valence-electron chi connectivity index (χ4n) is 3.93. The van der Waals surface area contributed by atoms with Gasteiger partial charge in [-0.05, 0) is 61.6 Å². The zero-order valence-corrected chi connectivity index (χ0v) is 18.3. The van der Waals surface area contributed by atoms with E-state index < -0.39 is 5.92 Å². The quantitative estimate of drug-likeness (QED) is 0.537. The minimum atomic E-state index is -2.69. The van der Waals surface area contributed by atoms with Gasteiger partial charge in [-0.1, -0.05) is 13.0 Å². The number of anilines is 2. The van der Waals surface area contributed by atoms with E-state index in [2.05, 4.69) is 26.3 Å². The summed E-state index contributed by atoms with van der Waals surface area (Å²) in [5.74, 6) is -1.36. The Hall–Kier alpha value is -2.31. The monoisotopic (exact) mass is 417 g/mol. The smallest absolute Gasteiger partial charge is 0.248 e. The first-order chi connectivity index (χ1) is 14.4. The molecule has 1 aliphatic heterocycles. The van der Waals surface area contributed by atoms with Crippen LogP contribution in [0.3, 0.4) is 0 Å². The largest absolute Gasteiger partial charge is 0.370 e. The van der Waals surface area contributed by atoms with E-state index in [0.717, 1.165) is 49.3 Å². The number of alkyl halides is 2. The molecule has 2 aromatic rings. The van der Waals surface area contributed by atoms with Crippen LogP contribution >= 0.6 is 0 Å². The Bertz CT molecular complexity index is 808. The third kappa shape index (κ3) is 6.09. The van der Waals surface area contributed by atoms with E-state index in [-0.39, 0.29) is 18.8 Å². The molecule has 2 aromatic heterocycles. The number of hydrogen-bond acceptors (Lipinski definition) is 5. The summed E-state index contributed by atoms with van der Waals surface area (Å²) in [5, 5.41) is 3.33. The molecule has 3 heterocycles. The number of rotatable bonds is 10. The van der Waals surface area contributed by atoms with E-state index >= 15 is 0 Å². The Morgan fingerprint density at radius 2 is 1.93 bits per heavy atom. The summed E-state index contributed by atoms with van der Waals surface area (Å²) in [5.41, 5.74) is 3.02. The highest BCUT2D eigenvalue weighted by Gasteiger charge is 2.32. The molecular formula is C23H33F2N5. The van der Waals surface area contributed by atoms with Gasteiger partial charge in [0.1, 0.15) is 5.82 Å². The van der Waals surface area contributed by atoms with Gasteiger partial charge in [-0.15, -0.1) is 0 Å². The topological polar surface area (TPSA) is 53.9 Å². The Morgan fingerprint density at radius 3 is 2.63 bits per heavy atom. The van der Waals surface area contributed by atoms with Crippen molar-refractivity contribution in [3.8, 4) is 0 Å². The molecule has 0 spiro atoms. The van der Waals surface area contributed by atoms with Crippen LogP contribution in [-0.2, 0) is 12.8 Å². The zero-order valence-electron chi connectivity index (χ0n) is 18.3. The average Bonchev–Trinajstić information content (AvgIpc) is 2.75. The summed E-state index contributed by atoms with van der Waals surface area (Å²) in [6.45, 7) is 2.90. The van der Waals surface area contributed by atoms with Crippen LogP contribution in [0.1, 0.15) is 68.2 Å². The molecule has 0 fully saturated rings. The van der Waals surface area contributed by atoms with Crippen molar-refractivity contribution in [1.82, 2.24) is 15.0 Å². The van der Waals surface area contributed by atoms with Gasteiger partial charge in [0.15, 0.2) is 0 Å². The molecule has 0 unspecified atom stereocenters. The van der Waals surface area contributed by atoms with Gasteiger partial charge >= 0.3 is 0 Å². The van der Waals surface area contributed by atoms with Crippen LogP contribution in [0, 0.1) is 0 Å². The zero-order chi connectivity index (χ0) is 21.6. The van der Waals surface area contributed by atoms with E-state index in [1.807, 2.05) is 27.1 Å². The molecule has 0 aromatic carbocycles. The molecule has 1 N–H and O–H groups in total. The number of aromatic nitrogens is 3. The highest BCUT2D eigenvalue weighted by molar-refractivity contribution is 5.47. The lowest BCUT2D eigenvalue weighted by Crippen LogP contribution is -2.20. The Labute approximate surface area is 178 Å². The van der Waals surface area contributed by atoms with Gasteiger partial charge in [-0.2, -0.15) is 0 Å². The molecule has 0 radical (unpaired) electrons. The molecule has 0 amide bonds. The van der Waals surface area contributed by atoms with Gasteiger partial charge in [0.25, 0.3) is 0 Å². The average molecular weight is 418 g/mol. The molecule has 3 rings (SSSR count). The second-order valence-corrected chi connectivity index (χ2v) is 8.42. The summed E-state index contributed by atoms with van der Waals surface area (Å²) < 4.78 is 29.3. The van der Waals surface area contributed by atoms with Gasteiger partial charge in [0.2, 0.25) is 11.9 Å². The first kappa shape index (κ1) is 22.4. The lowest BCUT2D eigenvalue weighted by molar-refractivity contribution is -0.0251. The Balaban J connectivity index is 1.48. The van der Waals surface area contributed by atoms with Crippen molar-refractivity contribution in [3.63, 3.8) is 0 Å². The first-order valence-electron chi connectivity index (χ1n) is 11.0. The van der Waals surface area contributed by atoms with Crippen molar-refractivity contribution in [3.05, 3.63) is 41.3 Å². The standard InChI is InChI=1S/C23H33F2N5/c1-4-17(19-15-27-22(28-16-19)30(2)3)14-23(24,25)12-6-5-9-20-11-10-18-8-7-13-26-21(18)29-20/h10-11,15-17H,4-9,12-14H2,1-3H3,(H,26,29)/t17-/m0/s1. The molecule has 164 valence electrons. The molecule has 7 heteroatoms. The van der Waals surface area contributed by atoms with E-state index in [1.165, 1.54) is 5.56 Å². The maximum absolute atomic E-state index is 14.6. The molecule has 0 bridgehead atoms. The number of halogens is 2. The molecular weight excluding hydrogens is 384 g/mol. The third-order valence-electron chi connectivity index (χ3n) is 5.74. The molecule has 1 aliphatic rings. The number of pyridine rings is 1. The highest BCUT2D eigenvalue weighted by Crippen LogP contribution is 2.35. The molecule has 0 aliphatic carbocycles. The molecule has 5 nitrogen and oxygen atoms in total. The molecule has 0 saturated heterocycles. The first-order valence-corrected chi connectivity index (χ1v) is 11.0. The summed E-state index contributed by atoms with van der Waals surface area (Å²) in [7, 11) is 3.72. The predicted octanol–water partition coefficient (Wildman–Crippen LogP) is 5.23. The summed E-state index contributed by atoms with van der Waals surface area (Å²) in [4.78, 5) is 15.0. The van der Waals surface area contributed by atoms with Gasteiger partial charge in [0, 0.05) is 51.6 Å². The summed E-state index contributed by atoms with van der Waals surface area (Å²) >= 11 is 0. The van der Waals surface area contributed by atoms with Crippen LogP contribution in [-0.4, -0.2) is 41.5 Å². The van der Waals surface area contributed by atoms with Crippen LogP contribution in [0.5, 0.6) is 0 Å². The summed E-state index contributed by atoms with van der Waals surface area (Å²) in [6.07, 6.45) is 7.90. The van der Waals surface area contributed by atoms with Gasteiger partial charge < -0.3 is 10.2 Å². The number of unbranched alkanes of at least 4 members (excludes halogenated alkanes) is 1. The maximum Gasteiger partial charge on any atom is 0.248 e. The van der Waals surface area contributed by atoms with Crippen LogP contribution in [0.15, 0.2) is 24.5 Å². The molecule has 1 atom stereocenters. The van der Waals surface area contributed by atoms with Crippen molar-refractivity contribution in [2.45, 2.75) is 70.1 Å². The minimum absolute atomic E-state index is 0.0939. The lowest BCUT2D eigenvalue weighted by Gasteiger charge is -2.23. The minimum Gasteiger partial charge on any atom is -0.370 e. The van der Waals surface area contributed by atoms with E-state index in [0.29, 0.717) is 18.8 Å². The number of nitrogens with zero attached hydrogens (tertiary/aromatic N) is 4. The van der Waals surface area contributed by atoms with Gasteiger partial charge in [-0.3, -0.25) is 0 Å². The van der Waals surface area contributed by atoms with E-state index in [9.17, 15) is 8.78 Å². The van der Waals surface area contributed by atoms with Crippen LogP contribution < -0.4 is 10.2 Å². The Kier molecular flexibility index (Phi) is 7.56. The van der Waals surface area contributed by atoms with Gasteiger partial charge in [-0.25, -0.2) is 23.7 Å². The fraction of sp³-hybridized carbons (Fsp3) is 0.609. The van der Waals surface area contributed by atoms with Crippen molar-refractivity contribution < 1.29 is 8.78 Å². The van der Waals surface area contributed by atoms with Crippen molar-refractivity contribution in [2.24, 2.45) is 0 Å². The van der Waals surface area contributed by atoms with Gasteiger partial charge in [0.05, 0.1) is 0 Å². The van der Waals surface area contributed by atoms with Crippen LogP contribution in [0.2, 0.25) is 0 Å². The highest BCUT2D eigenvalue weighted by atomic mass is 19.3. The lowest BCUT2D eigenvalue weighted by atomic mass is 9.90. The SMILES string of the molecule is CC[C@@H](CC(F)(F)CCCCc1ccc2c(n1)NCCC2)c1cnc(N(C)C)nc1. The van der Waals surface area contributed by atoms with Crippen LogP contribution in [0.25, 0.3) is 0 Å². The maximum atomic E-state index is 14.6. The van der Waals surface area contributed by atoms with Crippen molar-refractivity contribution in [2.75, 3.05) is 30.9 Å². The normalized spacial score (nSPS) is 14.7. The number of nitrogens with one attached hydrogen (secondary N) is 1. The predicted molar refractivity (Wildman–Crippen MR) is 118 cm³/mol. The second-order valence-electron chi connectivity index (χ2n) is 8.42. The van der Waals surface area contributed by atoms with Crippen LogP contribution in [0.4, 0.5) is 20.5 Å². The number of fused-ring (bicyclic) bond motifs is 1. The number of hydrogen-bond donors (Lipinski definition) is 1. The fourth-order valence-corrected chi connectivity index (χ4v) is 3.93. The second kappa shape index (κ2) is 10.1.